The van der Waals surface area contributed by atoms with Crippen LogP contribution in [0.4, 0.5) is 0 Å². The third-order valence-corrected chi connectivity index (χ3v) is 13.6. The van der Waals surface area contributed by atoms with E-state index in [1.165, 1.54) is 5.56 Å². The third kappa shape index (κ3) is 9.37. The number of aryl methyl sites for hydroxylation is 1. The van der Waals surface area contributed by atoms with Crippen LogP contribution in [0.2, 0.25) is 0 Å². The Balaban J connectivity index is 1.37. The first-order chi connectivity index (χ1) is 34.6. The van der Waals surface area contributed by atoms with Gasteiger partial charge in [0.05, 0.1) is 33.5 Å². The SMILES string of the molecule is [2H]c1c([2H])c(-c2ccnc(-c3cc(-c4cccc5c4nc(-c4cc(C(C)(C)C)cc(C(C)(C)C)c4O)n5-c4cc(C)c(-c5ccccc5)cc4-c4ccc(C(C)(C)C)cc4)cc(C(C)(C)C)c3)c2)c([2H])c([2H])c1C. The summed E-state index contributed by atoms with van der Waals surface area (Å²) in [5.41, 5.74) is 16.4. The third-order valence-electron chi connectivity index (χ3n) is 13.6. The summed E-state index contributed by atoms with van der Waals surface area (Å²) < 4.78 is 37.2. The van der Waals surface area contributed by atoms with Gasteiger partial charge in [-0.3, -0.25) is 9.55 Å². The molecule has 0 spiro atoms. The Morgan fingerprint density at radius 3 is 1.74 bits per heavy atom. The van der Waals surface area contributed by atoms with E-state index in [9.17, 15) is 5.11 Å². The van der Waals surface area contributed by atoms with Crippen molar-refractivity contribution in [1.29, 1.82) is 0 Å². The van der Waals surface area contributed by atoms with Crippen LogP contribution in [0, 0.1) is 13.8 Å². The fourth-order valence-corrected chi connectivity index (χ4v) is 9.38. The van der Waals surface area contributed by atoms with Crippen molar-refractivity contribution >= 4 is 11.0 Å². The highest BCUT2D eigenvalue weighted by Crippen LogP contribution is 2.47. The lowest BCUT2D eigenvalue weighted by molar-refractivity contribution is 0.446. The monoisotopic (exact) mass is 924 g/mol. The minimum atomic E-state index is -0.387. The molecule has 0 atom stereocenters. The van der Waals surface area contributed by atoms with Gasteiger partial charge in [0.1, 0.15) is 11.6 Å². The van der Waals surface area contributed by atoms with Crippen molar-refractivity contribution in [2.24, 2.45) is 0 Å². The van der Waals surface area contributed by atoms with Gasteiger partial charge in [0.15, 0.2) is 0 Å². The second-order valence-corrected chi connectivity index (χ2v) is 23.2. The fraction of sp³-hybridized carbons (Fsp3) is 0.273. The Kier molecular flexibility index (Phi) is 10.9. The molecule has 7 aromatic carbocycles. The zero-order valence-electron chi connectivity index (χ0n) is 47.5. The number of phenolic OH excluding ortho intramolecular Hbond substituents is 1. The predicted molar refractivity (Wildman–Crippen MR) is 297 cm³/mol. The van der Waals surface area contributed by atoms with Gasteiger partial charge >= 0.3 is 0 Å². The van der Waals surface area contributed by atoms with E-state index in [1.54, 1.807) is 19.2 Å². The lowest BCUT2D eigenvalue weighted by Gasteiger charge is -2.28. The summed E-state index contributed by atoms with van der Waals surface area (Å²) in [6.07, 6.45) is 1.68. The number of fused-ring (bicyclic) bond motifs is 1. The van der Waals surface area contributed by atoms with Gasteiger partial charge in [-0.15, -0.1) is 0 Å². The van der Waals surface area contributed by atoms with Gasteiger partial charge in [-0.25, -0.2) is 4.98 Å². The fourth-order valence-electron chi connectivity index (χ4n) is 9.38. The van der Waals surface area contributed by atoms with Crippen LogP contribution in [0.25, 0.3) is 83.9 Å². The van der Waals surface area contributed by atoms with E-state index < -0.39 is 0 Å². The predicted octanol–water partition coefficient (Wildman–Crippen LogP) is 17.9. The van der Waals surface area contributed by atoms with Crippen LogP contribution in [0.1, 0.15) is 122 Å². The van der Waals surface area contributed by atoms with Gasteiger partial charge in [-0.05, 0) is 140 Å². The number of hydrogen-bond donors (Lipinski definition) is 1. The molecule has 4 heteroatoms. The zero-order valence-corrected chi connectivity index (χ0v) is 43.5. The number of aromatic hydroxyl groups is 1. The van der Waals surface area contributed by atoms with E-state index >= 15 is 0 Å². The quantitative estimate of drug-likeness (QED) is 0.173. The summed E-state index contributed by atoms with van der Waals surface area (Å²) in [6, 6.07) is 44.6. The van der Waals surface area contributed by atoms with Crippen molar-refractivity contribution in [3.8, 4) is 78.6 Å². The number of imidazole rings is 1. The summed E-state index contributed by atoms with van der Waals surface area (Å²) in [5, 5.41) is 12.8. The molecule has 9 aromatic rings. The molecular formula is C66H69N3O. The maximum atomic E-state index is 12.8. The van der Waals surface area contributed by atoms with Crippen molar-refractivity contribution in [1.82, 2.24) is 14.5 Å². The van der Waals surface area contributed by atoms with Gasteiger partial charge in [-0.1, -0.05) is 192 Å². The molecular weight excluding hydrogens is 851 g/mol. The molecule has 0 aliphatic rings. The van der Waals surface area contributed by atoms with Crippen molar-refractivity contribution in [2.75, 3.05) is 0 Å². The van der Waals surface area contributed by atoms with Crippen molar-refractivity contribution in [3.63, 3.8) is 0 Å². The lowest BCUT2D eigenvalue weighted by Crippen LogP contribution is -2.17. The molecule has 0 aliphatic carbocycles. The number of hydrogen-bond acceptors (Lipinski definition) is 3. The van der Waals surface area contributed by atoms with Gasteiger partial charge in [0.2, 0.25) is 0 Å². The Bertz CT molecular complexity index is 3630. The topological polar surface area (TPSA) is 50.9 Å². The van der Waals surface area contributed by atoms with Crippen LogP contribution < -0.4 is 0 Å². The summed E-state index contributed by atoms with van der Waals surface area (Å²) in [4.78, 5) is 10.6. The maximum Gasteiger partial charge on any atom is 0.149 e. The average molecular weight is 924 g/mol. The first-order valence-corrected chi connectivity index (χ1v) is 24.5. The highest BCUT2D eigenvalue weighted by atomic mass is 16.3. The first-order valence-electron chi connectivity index (χ1n) is 26.5. The van der Waals surface area contributed by atoms with Gasteiger partial charge in [-0.2, -0.15) is 0 Å². The van der Waals surface area contributed by atoms with Crippen LogP contribution in [-0.2, 0) is 21.7 Å². The molecule has 0 aliphatic heterocycles. The second kappa shape index (κ2) is 17.7. The summed E-state index contributed by atoms with van der Waals surface area (Å²) >= 11 is 0. The number of pyridine rings is 1. The van der Waals surface area contributed by atoms with E-state index in [2.05, 4.69) is 210 Å². The molecule has 0 saturated heterocycles. The molecule has 354 valence electrons. The van der Waals surface area contributed by atoms with Crippen molar-refractivity contribution in [2.45, 2.75) is 119 Å². The van der Waals surface area contributed by atoms with Crippen LogP contribution in [0.15, 0.2) is 158 Å². The van der Waals surface area contributed by atoms with Crippen LogP contribution >= 0.6 is 0 Å². The Morgan fingerprint density at radius 1 is 0.471 bits per heavy atom. The van der Waals surface area contributed by atoms with Gasteiger partial charge in [0.25, 0.3) is 0 Å². The van der Waals surface area contributed by atoms with Crippen LogP contribution in [0.3, 0.4) is 0 Å². The van der Waals surface area contributed by atoms with Crippen LogP contribution in [0.5, 0.6) is 5.75 Å². The smallest absolute Gasteiger partial charge is 0.149 e. The van der Waals surface area contributed by atoms with Crippen molar-refractivity contribution in [3.05, 3.63) is 191 Å². The number of benzene rings is 7. The Labute approximate surface area is 422 Å². The molecule has 0 amide bonds. The Morgan fingerprint density at radius 2 is 1.10 bits per heavy atom. The van der Waals surface area contributed by atoms with E-state index in [0.717, 1.165) is 77.9 Å². The lowest BCUT2D eigenvalue weighted by atomic mass is 9.79. The number of phenols is 1. The molecule has 9 rings (SSSR count). The standard InChI is InChI=1S/C66H69N3O/c1-41-23-25-43(26-24-41)46-31-32-67-57(37-46)48-34-47(35-50(36-48)64(6,7)8)52-21-18-22-58-60(52)68-62(55-38-51(65(9,10)11)39-56(61(55)70)66(12,13)14)69(58)59-33-42(2)53(44-19-16-15-17-20-44)40-54(59)45-27-29-49(30-28-45)63(3,4)5/h15-40,70H,1-14H3/i23D,24D,25D,26D. The molecule has 70 heavy (non-hydrogen) atoms. The Hall–Kier alpha value is -7.04. The van der Waals surface area contributed by atoms with Gasteiger partial charge in [0, 0.05) is 28.5 Å². The molecule has 0 fully saturated rings. The van der Waals surface area contributed by atoms with E-state index in [-0.39, 0.29) is 57.1 Å². The summed E-state index contributed by atoms with van der Waals surface area (Å²) in [5.74, 6) is 0.830. The number of aromatic nitrogens is 3. The van der Waals surface area contributed by atoms with Crippen molar-refractivity contribution < 1.29 is 10.6 Å². The normalized spacial score (nSPS) is 13.3. The highest BCUT2D eigenvalue weighted by Gasteiger charge is 2.30. The second-order valence-electron chi connectivity index (χ2n) is 23.2. The molecule has 0 unspecified atom stereocenters. The molecule has 2 aromatic heterocycles. The molecule has 1 N–H and O–H groups in total. The zero-order chi connectivity index (χ0) is 53.6. The minimum absolute atomic E-state index is 0.0338. The average Bonchev–Trinajstić information content (AvgIpc) is 3.74. The summed E-state index contributed by atoms with van der Waals surface area (Å²) in [6.45, 7) is 30.2. The first kappa shape index (κ1) is 43.0. The highest BCUT2D eigenvalue weighted by molar-refractivity contribution is 5.98. The number of nitrogens with zero attached hydrogens (tertiary/aromatic N) is 3. The summed E-state index contributed by atoms with van der Waals surface area (Å²) in [7, 11) is 0. The maximum absolute atomic E-state index is 12.8. The largest absolute Gasteiger partial charge is 0.507 e. The van der Waals surface area contributed by atoms with E-state index in [0.29, 0.717) is 28.2 Å². The molecule has 0 saturated carbocycles. The van der Waals surface area contributed by atoms with Crippen LogP contribution in [-0.4, -0.2) is 19.6 Å². The molecule has 0 bridgehead atoms. The van der Waals surface area contributed by atoms with E-state index in [1.807, 2.05) is 6.07 Å². The van der Waals surface area contributed by atoms with Gasteiger partial charge < -0.3 is 5.11 Å². The molecule has 4 nitrogen and oxygen atoms in total. The molecule has 0 radical (unpaired) electrons. The molecule has 2 heterocycles. The van der Waals surface area contributed by atoms with E-state index in [4.69, 9.17) is 15.5 Å². The number of para-hydroxylation sites is 1. The number of rotatable bonds is 7. The minimum Gasteiger partial charge on any atom is -0.507 e.